The number of benzene rings is 1. The van der Waals surface area contributed by atoms with Crippen molar-refractivity contribution in [3.8, 4) is 0 Å². The number of carbonyl (C=O) groups is 3. The highest BCUT2D eigenvalue weighted by atomic mass is 32.1. The number of hydrogen-bond acceptors (Lipinski definition) is 6. The first-order valence-corrected chi connectivity index (χ1v) is 8.70. The molecule has 1 fully saturated rings. The van der Waals surface area contributed by atoms with Gasteiger partial charge in [0.2, 0.25) is 12.0 Å². The number of esters is 1. The van der Waals surface area contributed by atoms with Crippen LogP contribution in [0.15, 0.2) is 35.7 Å². The largest absolute Gasteiger partial charge is 0.443 e. The minimum absolute atomic E-state index is 0.0499. The molecule has 1 aliphatic carbocycles. The zero-order valence-corrected chi connectivity index (χ0v) is 14.3. The molecule has 1 heterocycles. The van der Waals surface area contributed by atoms with E-state index in [9.17, 15) is 14.4 Å². The lowest BCUT2D eigenvalue weighted by molar-refractivity contribution is -0.130. The predicted molar refractivity (Wildman–Crippen MR) is 92.2 cm³/mol. The minimum Gasteiger partial charge on any atom is -0.443 e. The second-order valence-corrected chi connectivity index (χ2v) is 6.56. The van der Waals surface area contributed by atoms with Crippen molar-refractivity contribution < 1.29 is 19.1 Å². The van der Waals surface area contributed by atoms with Gasteiger partial charge in [0.25, 0.3) is 5.91 Å². The van der Waals surface area contributed by atoms with Gasteiger partial charge in [-0.05, 0) is 12.8 Å². The molecule has 3 rings (SSSR count). The van der Waals surface area contributed by atoms with Crippen LogP contribution in [0.2, 0.25) is 0 Å². The lowest BCUT2D eigenvalue weighted by Gasteiger charge is -2.17. The van der Waals surface area contributed by atoms with Crippen LogP contribution in [0.1, 0.15) is 41.9 Å². The van der Waals surface area contributed by atoms with E-state index in [0.29, 0.717) is 10.7 Å². The summed E-state index contributed by atoms with van der Waals surface area (Å²) in [5.41, 5.74) is 0.639. The van der Waals surface area contributed by atoms with Gasteiger partial charge in [-0.3, -0.25) is 9.59 Å². The second-order valence-electron chi connectivity index (χ2n) is 5.70. The monoisotopic (exact) mass is 359 g/mol. The van der Waals surface area contributed by atoms with Gasteiger partial charge >= 0.3 is 5.97 Å². The molecule has 1 aromatic carbocycles. The van der Waals surface area contributed by atoms with Gasteiger partial charge in [-0.1, -0.05) is 30.3 Å². The molecule has 0 aliphatic heterocycles. The number of thiazole rings is 1. The number of anilines is 1. The van der Waals surface area contributed by atoms with Gasteiger partial charge in [-0.2, -0.15) is 0 Å². The van der Waals surface area contributed by atoms with Gasteiger partial charge in [0, 0.05) is 23.9 Å². The predicted octanol–water partition coefficient (Wildman–Crippen LogP) is 2.28. The highest BCUT2D eigenvalue weighted by molar-refractivity contribution is 7.14. The van der Waals surface area contributed by atoms with Crippen LogP contribution in [0.3, 0.4) is 0 Å². The third kappa shape index (κ3) is 4.63. The van der Waals surface area contributed by atoms with E-state index in [0.717, 1.165) is 24.2 Å². The standard InChI is InChI=1S/C17H17N3O4S/c1-10(21)18-17-20-13(9-25-17)16(23)24-14(11-5-3-2-4-6-11)15(22)19-12-7-8-12/h2-6,9,12,14H,7-8H2,1H3,(H,19,22)(H,18,20,21). The van der Waals surface area contributed by atoms with Gasteiger partial charge in [0.15, 0.2) is 10.8 Å². The van der Waals surface area contributed by atoms with Crippen LogP contribution in [-0.2, 0) is 14.3 Å². The van der Waals surface area contributed by atoms with Gasteiger partial charge < -0.3 is 15.4 Å². The van der Waals surface area contributed by atoms with Crippen LogP contribution in [0.25, 0.3) is 0 Å². The van der Waals surface area contributed by atoms with Crippen molar-refractivity contribution in [1.82, 2.24) is 10.3 Å². The van der Waals surface area contributed by atoms with E-state index in [1.807, 2.05) is 6.07 Å². The molecule has 1 aliphatic rings. The molecule has 2 aromatic rings. The molecule has 2 N–H and O–H groups in total. The van der Waals surface area contributed by atoms with Crippen LogP contribution in [0, 0.1) is 0 Å². The Morgan fingerprint density at radius 2 is 1.96 bits per heavy atom. The van der Waals surface area contributed by atoms with E-state index >= 15 is 0 Å². The molecule has 2 amide bonds. The van der Waals surface area contributed by atoms with Crippen LogP contribution in [0.4, 0.5) is 5.13 Å². The molecular formula is C17H17N3O4S. The maximum Gasteiger partial charge on any atom is 0.359 e. The topological polar surface area (TPSA) is 97.4 Å². The quantitative estimate of drug-likeness (QED) is 0.771. The molecule has 0 saturated heterocycles. The third-order valence-corrected chi connectivity index (χ3v) is 4.24. The molecule has 0 bridgehead atoms. The Hall–Kier alpha value is -2.74. The summed E-state index contributed by atoms with van der Waals surface area (Å²) in [7, 11) is 0. The number of nitrogens with one attached hydrogen (secondary N) is 2. The first-order valence-electron chi connectivity index (χ1n) is 7.82. The van der Waals surface area contributed by atoms with Crippen molar-refractivity contribution in [3.63, 3.8) is 0 Å². The minimum atomic E-state index is -1.04. The molecule has 8 heteroatoms. The van der Waals surface area contributed by atoms with Crippen molar-refractivity contribution in [1.29, 1.82) is 0 Å². The number of rotatable bonds is 6. The number of amides is 2. The van der Waals surface area contributed by atoms with Gasteiger partial charge in [-0.25, -0.2) is 9.78 Å². The van der Waals surface area contributed by atoms with Crippen molar-refractivity contribution in [2.75, 3.05) is 5.32 Å². The van der Waals surface area contributed by atoms with Crippen LogP contribution < -0.4 is 10.6 Å². The Kier molecular flexibility index (Phi) is 5.08. The molecule has 1 atom stereocenters. The smallest absolute Gasteiger partial charge is 0.359 e. The summed E-state index contributed by atoms with van der Waals surface area (Å²) in [6, 6.07) is 8.99. The summed E-state index contributed by atoms with van der Waals surface area (Å²) in [4.78, 5) is 39.9. The van der Waals surface area contributed by atoms with Gasteiger partial charge in [-0.15, -0.1) is 11.3 Å². The van der Waals surface area contributed by atoms with E-state index in [1.165, 1.54) is 12.3 Å². The first-order chi connectivity index (χ1) is 12.0. The van der Waals surface area contributed by atoms with Crippen molar-refractivity contribution >= 4 is 34.3 Å². The van der Waals surface area contributed by atoms with E-state index in [2.05, 4.69) is 15.6 Å². The lowest BCUT2D eigenvalue weighted by atomic mass is 10.1. The van der Waals surface area contributed by atoms with Crippen molar-refractivity contribution in [2.45, 2.75) is 31.9 Å². The Balaban J connectivity index is 1.74. The van der Waals surface area contributed by atoms with Gasteiger partial charge in [0.05, 0.1) is 0 Å². The van der Waals surface area contributed by atoms with Crippen molar-refractivity contribution in [2.24, 2.45) is 0 Å². The fourth-order valence-electron chi connectivity index (χ4n) is 2.15. The van der Waals surface area contributed by atoms with E-state index in [-0.39, 0.29) is 23.6 Å². The average molecular weight is 359 g/mol. The third-order valence-electron chi connectivity index (χ3n) is 3.49. The average Bonchev–Trinajstić information content (AvgIpc) is 3.28. The summed E-state index contributed by atoms with van der Waals surface area (Å²) in [5, 5.41) is 7.14. The van der Waals surface area contributed by atoms with E-state index in [1.54, 1.807) is 24.3 Å². The molecule has 1 aromatic heterocycles. The molecule has 25 heavy (non-hydrogen) atoms. The molecule has 0 radical (unpaired) electrons. The number of hydrogen-bond donors (Lipinski definition) is 2. The highest BCUT2D eigenvalue weighted by Crippen LogP contribution is 2.25. The summed E-state index contributed by atoms with van der Waals surface area (Å²) >= 11 is 1.11. The van der Waals surface area contributed by atoms with E-state index in [4.69, 9.17) is 4.74 Å². The number of nitrogens with zero attached hydrogens (tertiary/aromatic N) is 1. The number of aromatic nitrogens is 1. The summed E-state index contributed by atoms with van der Waals surface area (Å²) < 4.78 is 5.41. The first kappa shape index (κ1) is 17.1. The Morgan fingerprint density at radius 3 is 2.60 bits per heavy atom. The normalized spacial score (nSPS) is 14.4. The molecular weight excluding hydrogens is 342 g/mol. The van der Waals surface area contributed by atoms with Gasteiger partial charge in [0.1, 0.15) is 0 Å². The van der Waals surface area contributed by atoms with Crippen LogP contribution in [-0.4, -0.2) is 28.8 Å². The molecule has 1 unspecified atom stereocenters. The maximum absolute atomic E-state index is 12.4. The molecule has 0 spiro atoms. The maximum atomic E-state index is 12.4. The highest BCUT2D eigenvalue weighted by Gasteiger charge is 2.31. The number of carbonyl (C=O) groups excluding carboxylic acids is 3. The van der Waals surface area contributed by atoms with Crippen molar-refractivity contribution in [3.05, 3.63) is 47.0 Å². The fourth-order valence-corrected chi connectivity index (χ4v) is 2.87. The summed E-state index contributed by atoms with van der Waals surface area (Å²) in [5.74, 6) is -1.34. The Bertz CT molecular complexity index is 786. The molecule has 7 nitrogen and oxygen atoms in total. The van der Waals surface area contributed by atoms with Crippen LogP contribution >= 0.6 is 11.3 Å². The number of ether oxygens (including phenoxy) is 1. The Labute approximate surface area is 148 Å². The zero-order valence-electron chi connectivity index (χ0n) is 13.5. The fraction of sp³-hybridized carbons (Fsp3) is 0.294. The zero-order chi connectivity index (χ0) is 17.8. The summed E-state index contributed by atoms with van der Waals surface area (Å²) in [6.07, 6.45) is 0.834. The second kappa shape index (κ2) is 7.43. The SMILES string of the molecule is CC(=O)Nc1nc(C(=O)OC(C(=O)NC2CC2)c2ccccc2)cs1. The summed E-state index contributed by atoms with van der Waals surface area (Å²) in [6.45, 7) is 1.35. The lowest BCUT2D eigenvalue weighted by Crippen LogP contribution is -2.33. The Morgan fingerprint density at radius 1 is 1.24 bits per heavy atom. The van der Waals surface area contributed by atoms with Crippen LogP contribution in [0.5, 0.6) is 0 Å². The molecule has 1 saturated carbocycles. The molecule has 130 valence electrons. The van der Waals surface area contributed by atoms with E-state index < -0.39 is 12.1 Å².